The molecule has 8 nitrogen and oxygen atoms in total. The molecule has 0 radical (unpaired) electrons. The standard InChI is InChI=1S/C25H24Cl2N2O6S/c1-3-34-23-8-6-5-7-22(23)29(36(32,33)19-12-10-18(26)11-13-19)16-24(30)28-21-14-9-17(15-20(21)27)25(31)35-4-2/h5-15H,3-4,16H2,1-2H3,(H,28,30). The normalized spacial score (nSPS) is 11.0. The van der Waals surface area contributed by atoms with Crippen molar-refractivity contribution in [2.45, 2.75) is 18.7 Å². The highest BCUT2D eigenvalue weighted by Crippen LogP contribution is 2.33. The van der Waals surface area contributed by atoms with E-state index in [2.05, 4.69) is 5.32 Å². The van der Waals surface area contributed by atoms with Gasteiger partial charge in [0.2, 0.25) is 5.91 Å². The maximum Gasteiger partial charge on any atom is 0.338 e. The predicted octanol–water partition coefficient (Wildman–Crippen LogP) is 5.40. The van der Waals surface area contributed by atoms with Gasteiger partial charge in [0, 0.05) is 5.02 Å². The van der Waals surface area contributed by atoms with E-state index in [1.807, 2.05) is 0 Å². The number of benzene rings is 3. The van der Waals surface area contributed by atoms with Crippen LogP contribution in [0.15, 0.2) is 71.6 Å². The number of esters is 1. The monoisotopic (exact) mass is 550 g/mol. The first-order valence-electron chi connectivity index (χ1n) is 10.9. The first-order chi connectivity index (χ1) is 17.2. The molecule has 11 heteroatoms. The van der Waals surface area contributed by atoms with Crippen molar-refractivity contribution in [3.63, 3.8) is 0 Å². The number of rotatable bonds is 10. The van der Waals surface area contributed by atoms with Gasteiger partial charge in [0.25, 0.3) is 10.0 Å². The molecule has 1 N–H and O–H groups in total. The Labute approximate surface area is 219 Å². The van der Waals surface area contributed by atoms with Crippen molar-refractivity contribution < 1.29 is 27.5 Å². The lowest BCUT2D eigenvalue weighted by Gasteiger charge is -2.26. The maximum atomic E-state index is 13.6. The smallest absolute Gasteiger partial charge is 0.338 e. The van der Waals surface area contributed by atoms with E-state index in [1.54, 1.807) is 38.1 Å². The number of anilines is 2. The molecule has 0 spiro atoms. The molecule has 0 bridgehead atoms. The summed E-state index contributed by atoms with van der Waals surface area (Å²) in [5.74, 6) is -0.920. The first kappa shape index (κ1) is 27.3. The summed E-state index contributed by atoms with van der Waals surface area (Å²) in [4.78, 5) is 24.9. The molecule has 0 fully saturated rings. The summed E-state index contributed by atoms with van der Waals surface area (Å²) in [6.07, 6.45) is 0. The molecule has 36 heavy (non-hydrogen) atoms. The number of halogens is 2. The second-order valence-corrected chi connectivity index (χ2v) is 10.0. The molecular formula is C25H24Cl2N2O6S. The number of ether oxygens (including phenoxy) is 2. The zero-order chi connectivity index (χ0) is 26.3. The van der Waals surface area contributed by atoms with E-state index in [-0.39, 0.29) is 33.5 Å². The number of nitrogens with zero attached hydrogens (tertiary/aromatic N) is 1. The minimum Gasteiger partial charge on any atom is -0.492 e. The molecule has 3 aromatic carbocycles. The van der Waals surface area contributed by atoms with Crippen molar-refractivity contribution in [2.75, 3.05) is 29.4 Å². The summed E-state index contributed by atoms with van der Waals surface area (Å²) in [6.45, 7) is 3.37. The predicted molar refractivity (Wildman–Crippen MR) is 140 cm³/mol. The van der Waals surface area contributed by atoms with Crippen LogP contribution in [0.25, 0.3) is 0 Å². The van der Waals surface area contributed by atoms with Crippen molar-refractivity contribution in [3.8, 4) is 5.75 Å². The molecule has 0 aliphatic heterocycles. The Morgan fingerprint density at radius 3 is 2.28 bits per heavy atom. The Balaban J connectivity index is 1.94. The molecule has 0 aromatic heterocycles. The largest absolute Gasteiger partial charge is 0.492 e. The molecule has 3 rings (SSSR count). The number of nitrogens with one attached hydrogen (secondary N) is 1. The van der Waals surface area contributed by atoms with Gasteiger partial charge in [-0.25, -0.2) is 13.2 Å². The topological polar surface area (TPSA) is 102 Å². The fraction of sp³-hybridized carbons (Fsp3) is 0.200. The Bertz CT molecular complexity index is 1350. The van der Waals surface area contributed by atoms with Gasteiger partial charge < -0.3 is 14.8 Å². The SMILES string of the molecule is CCOC(=O)c1ccc(NC(=O)CN(c2ccccc2OCC)S(=O)(=O)c2ccc(Cl)cc2)c(Cl)c1. The summed E-state index contributed by atoms with van der Waals surface area (Å²) < 4.78 is 38.7. The molecule has 0 aliphatic carbocycles. The van der Waals surface area contributed by atoms with Crippen molar-refractivity contribution in [2.24, 2.45) is 0 Å². The van der Waals surface area contributed by atoms with E-state index in [0.29, 0.717) is 17.4 Å². The molecule has 0 saturated carbocycles. The summed E-state index contributed by atoms with van der Waals surface area (Å²) in [7, 11) is -4.19. The summed E-state index contributed by atoms with van der Waals surface area (Å²) in [5, 5.41) is 3.06. The van der Waals surface area contributed by atoms with Gasteiger partial charge in [-0.05, 0) is 68.4 Å². The van der Waals surface area contributed by atoms with Crippen LogP contribution >= 0.6 is 23.2 Å². The van der Waals surface area contributed by atoms with Gasteiger partial charge in [-0.2, -0.15) is 0 Å². The van der Waals surface area contributed by atoms with Crippen LogP contribution < -0.4 is 14.4 Å². The third-order valence-electron chi connectivity index (χ3n) is 4.88. The van der Waals surface area contributed by atoms with E-state index >= 15 is 0 Å². The lowest BCUT2D eigenvalue weighted by Crippen LogP contribution is -2.38. The Kier molecular flexibility index (Phi) is 9.19. The highest BCUT2D eigenvalue weighted by atomic mass is 35.5. The molecule has 0 atom stereocenters. The van der Waals surface area contributed by atoms with Gasteiger partial charge in [-0.1, -0.05) is 35.3 Å². The number of hydrogen-bond donors (Lipinski definition) is 1. The first-order valence-corrected chi connectivity index (χ1v) is 13.1. The third kappa shape index (κ3) is 6.48. The number of carbonyl (C=O) groups excluding carboxylic acids is 2. The van der Waals surface area contributed by atoms with Crippen LogP contribution in [-0.2, 0) is 19.6 Å². The summed E-state index contributed by atoms with van der Waals surface area (Å²) in [5.41, 5.74) is 0.613. The van der Waals surface area contributed by atoms with Gasteiger partial charge in [-0.3, -0.25) is 9.10 Å². The van der Waals surface area contributed by atoms with E-state index < -0.39 is 28.4 Å². The van der Waals surface area contributed by atoms with Crippen LogP contribution in [0.5, 0.6) is 5.75 Å². The van der Waals surface area contributed by atoms with E-state index in [0.717, 1.165) is 4.31 Å². The second kappa shape index (κ2) is 12.1. The molecule has 0 aliphatic rings. The molecular weight excluding hydrogens is 527 g/mol. The molecule has 0 unspecified atom stereocenters. The Morgan fingerprint density at radius 2 is 1.64 bits per heavy atom. The molecule has 190 valence electrons. The fourth-order valence-corrected chi connectivity index (χ4v) is 5.04. The van der Waals surface area contributed by atoms with Crippen LogP contribution in [0.1, 0.15) is 24.2 Å². The summed E-state index contributed by atoms with van der Waals surface area (Å²) >= 11 is 12.2. The second-order valence-electron chi connectivity index (χ2n) is 7.33. The van der Waals surface area contributed by atoms with E-state index in [4.69, 9.17) is 32.7 Å². The highest BCUT2D eigenvalue weighted by Gasteiger charge is 2.29. The number of sulfonamides is 1. The minimum atomic E-state index is -4.19. The van der Waals surface area contributed by atoms with Crippen LogP contribution in [0.4, 0.5) is 11.4 Å². The number of para-hydroxylation sites is 2. The van der Waals surface area contributed by atoms with Gasteiger partial charge >= 0.3 is 5.97 Å². The van der Waals surface area contributed by atoms with E-state index in [9.17, 15) is 18.0 Å². The fourth-order valence-electron chi connectivity index (χ4n) is 3.25. The quantitative estimate of drug-likeness (QED) is 0.339. The molecule has 0 heterocycles. The maximum absolute atomic E-state index is 13.6. The molecule has 0 saturated heterocycles. The average molecular weight is 551 g/mol. The summed E-state index contributed by atoms with van der Waals surface area (Å²) in [6, 6.07) is 16.4. The van der Waals surface area contributed by atoms with Gasteiger partial charge in [-0.15, -0.1) is 0 Å². The van der Waals surface area contributed by atoms with E-state index in [1.165, 1.54) is 42.5 Å². The van der Waals surface area contributed by atoms with Crippen molar-refractivity contribution in [1.82, 2.24) is 0 Å². The van der Waals surface area contributed by atoms with Crippen LogP contribution in [0.3, 0.4) is 0 Å². The van der Waals surface area contributed by atoms with Crippen molar-refractivity contribution in [1.29, 1.82) is 0 Å². The number of carbonyl (C=O) groups is 2. The Morgan fingerprint density at radius 1 is 0.944 bits per heavy atom. The lowest BCUT2D eigenvalue weighted by atomic mass is 10.2. The zero-order valence-electron chi connectivity index (χ0n) is 19.5. The van der Waals surface area contributed by atoms with Crippen molar-refractivity contribution >= 4 is 56.5 Å². The zero-order valence-corrected chi connectivity index (χ0v) is 21.9. The number of hydrogen-bond acceptors (Lipinski definition) is 6. The Hall–Kier alpha value is -3.27. The minimum absolute atomic E-state index is 0.0529. The molecule has 1 amide bonds. The van der Waals surface area contributed by atoms with Crippen LogP contribution in [0.2, 0.25) is 10.0 Å². The molecule has 3 aromatic rings. The van der Waals surface area contributed by atoms with Gasteiger partial charge in [0.05, 0.1) is 40.1 Å². The third-order valence-corrected chi connectivity index (χ3v) is 7.22. The number of amides is 1. The highest BCUT2D eigenvalue weighted by molar-refractivity contribution is 7.92. The van der Waals surface area contributed by atoms with Crippen LogP contribution in [-0.4, -0.2) is 40.1 Å². The average Bonchev–Trinajstić information content (AvgIpc) is 2.85. The van der Waals surface area contributed by atoms with Gasteiger partial charge in [0.1, 0.15) is 12.3 Å². The van der Waals surface area contributed by atoms with Gasteiger partial charge in [0.15, 0.2) is 0 Å². The van der Waals surface area contributed by atoms with Crippen LogP contribution in [0, 0.1) is 0 Å². The van der Waals surface area contributed by atoms with Crippen molar-refractivity contribution in [3.05, 3.63) is 82.3 Å². The lowest BCUT2D eigenvalue weighted by molar-refractivity contribution is -0.114.